The Balaban J connectivity index is 2.52. The molecule has 0 aliphatic carbocycles. The second-order valence-electron chi connectivity index (χ2n) is 5.09. The predicted octanol–water partition coefficient (Wildman–Crippen LogP) is 4.31. The first-order chi connectivity index (χ1) is 7.42. The zero-order valence-electron chi connectivity index (χ0n) is 10.4. The molecule has 1 rings (SSSR count). The number of halogens is 1. The smallest absolute Gasteiger partial charge is 0.133 e. The van der Waals surface area contributed by atoms with Crippen molar-refractivity contribution in [2.45, 2.75) is 27.2 Å². The minimum Gasteiger partial charge on any atom is -0.496 e. The number of anilines is 1. The van der Waals surface area contributed by atoms with E-state index in [1.807, 2.05) is 18.2 Å². The van der Waals surface area contributed by atoms with Crippen molar-refractivity contribution in [1.29, 1.82) is 0 Å². The monoisotopic (exact) mass is 285 g/mol. The molecular weight excluding hydrogens is 266 g/mol. The van der Waals surface area contributed by atoms with Crippen LogP contribution in [0.4, 0.5) is 5.69 Å². The fourth-order valence-electron chi connectivity index (χ4n) is 1.36. The van der Waals surface area contributed by atoms with Crippen molar-refractivity contribution >= 4 is 21.6 Å². The molecule has 0 aliphatic rings. The quantitative estimate of drug-likeness (QED) is 0.890. The van der Waals surface area contributed by atoms with Crippen LogP contribution in [0.15, 0.2) is 22.7 Å². The van der Waals surface area contributed by atoms with Gasteiger partial charge in [-0.15, -0.1) is 0 Å². The van der Waals surface area contributed by atoms with E-state index in [1.165, 1.54) is 0 Å². The average Bonchev–Trinajstić information content (AvgIpc) is 2.16. The van der Waals surface area contributed by atoms with Crippen LogP contribution in [-0.2, 0) is 0 Å². The lowest BCUT2D eigenvalue weighted by atomic mass is 9.92. The Bertz CT molecular complexity index is 344. The van der Waals surface area contributed by atoms with E-state index >= 15 is 0 Å². The molecular formula is C13H20BrNO. The first-order valence-corrected chi connectivity index (χ1v) is 6.29. The van der Waals surface area contributed by atoms with Gasteiger partial charge in [0, 0.05) is 12.2 Å². The molecule has 16 heavy (non-hydrogen) atoms. The molecule has 0 saturated carbocycles. The van der Waals surface area contributed by atoms with Crippen LogP contribution in [0.2, 0.25) is 0 Å². The lowest BCUT2D eigenvalue weighted by Crippen LogP contribution is -2.12. The summed E-state index contributed by atoms with van der Waals surface area (Å²) in [6.45, 7) is 7.73. The summed E-state index contributed by atoms with van der Waals surface area (Å²) in [6.07, 6.45) is 1.15. The van der Waals surface area contributed by atoms with Crippen molar-refractivity contribution in [3.05, 3.63) is 22.7 Å². The Labute approximate surface area is 107 Å². The third kappa shape index (κ3) is 4.44. The van der Waals surface area contributed by atoms with Crippen molar-refractivity contribution in [3.8, 4) is 5.75 Å². The minimum absolute atomic E-state index is 0.372. The van der Waals surface area contributed by atoms with E-state index in [-0.39, 0.29) is 0 Å². The van der Waals surface area contributed by atoms with Crippen LogP contribution in [0.5, 0.6) is 5.75 Å². The van der Waals surface area contributed by atoms with E-state index in [0.29, 0.717) is 5.41 Å². The number of nitrogens with one attached hydrogen (secondary N) is 1. The molecule has 0 fully saturated rings. The van der Waals surface area contributed by atoms with Crippen LogP contribution in [-0.4, -0.2) is 13.7 Å². The molecule has 0 heterocycles. The first kappa shape index (κ1) is 13.4. The van der Waals surface area contributed by atoms with Crippen LogP contribution >= 0.6 is 15.9 Å². The zero-order chi connectivity index (χ0) is 12.2. The number of methoxy groups -OCH3 is 1. The molecule has 0 unspecified atom stereocenters. The normalized spacial score (nSPS) is 11.3. The number of hydrogen-bond acceptors (Lipinski definition) is 2. The first-order valence-electron chi connectivity index (χ1n) is 5.50. The zero-order valence-corrected chi connectivity index (χ0v) is 12.0. The highest BCUT2D eigenvalue weighted by atomic mass is 79.9. The molecule has 1 N–H and O–H groups in total. The highest BCUT2D eigenvalue weighted by Crippen LogP contribution is 2.28. The van der Waals surface area contributed by atoms with Gasteiger partial charge in [-0.25, -0.2) is 0 Å². The standard InChI is InChI=1S/C13H20BrNO/c1-13(2,3)7-8-15-10-5-6-12(16-4)11(14)9-10/h5-6,9,15H,7-8H2,1-4H3. The van der Waals surface area contributed by atoms with Gasteiger partial charge in [0.1, 0.15) is 5.75 Å². The van der Waals surface area contributed by atoms with Gasteiger partial charge in [-0.1, -0.05) is 20.8 Å². The van der Waals surface area contributed by atoms with Crippen molar-refractivity contribution in [3.63, 3.8) is 0 Å². The molecule has 2 nitrogen and oxygen atoms in total. The average molecular weight is 286 g/mol. The fourth-order valence-corrected chi connectivity index (χ4v) is 1.90. The molecule has 3 heteroatoms. The van der Waals surface area contributed by atoms with Crippen LogP contribution < -0.4 is 10.1 Å². The molecule has 0 radical (unpaired) electrons. The van der Waals surface area contributed by atoms with Crippen LogP contribution in [0.3, 0.4) is 0 Å². The summed E-state index contributed by atoms with van der Waals surface area (Å²) < 4.78 is 6.17. The molecule has 0 amide bonds. The molecule has 0 bridgehead atoms. The van der Waals surface area contributed by atoms with Gasteiger partial charge in [0.2, 0.25) is 0 Å². The van der Waals surface area contributed by atoms with E-state index < -0.39 is 0 Å². The van der Waals surface area contributed by atoms with Crippen molar-refractivity contribution < 1.29 is 4.74 Å². The van der Waals surface area contributed by atoms with Gasteiger partial charge in [-0.3, -0.25) is 0 Å². The number of benzene rings is 1. The van der Waals surface area contributed by atoms with E-state index in [2.05, 4.69) is 42.0 Å². The third-order valence-corrected chi connectivity index (χ3v) is 2.98. The Kier molecular flexibility index (Phi) is 4.66. The fraction of sp³-hybridized carbons (Fsp3) is 0.538. The molecule has 0 aromatic heterocycles. The Morgan fingerprint density at radius 2 is 2.00 bits per heavy atom. The minimum atomic E-state index is 0.372. The number of ether oxygens (including phenoxy) is 1. The van der Waals surface area contributed by atoms with E-state index in [0.717, 1.165) is 28.9 Å². The maximum atomic E-state index is 5.18. The molecule has 90 valence electrons. The highest BCUT2D eigenvalue weighted by molar-refractivity contribution is 9.10. The summed E-state index contributed by atoms with van der Waals surface area (Å²) in [7, 11) is 1.67. The van der Waals surface area contributed by atoms with Gasteiger partial charge in [-0.2, -0.15) is 0 Å². The van der Waals surface area contributed by atoms with Crippen LogP contribution in [0.1, 0.15) is 27.2 Å². The van der Waals surface area contributed by atoms with E-state index in [4.69, 9.17) is 4.74 Å². The van der Waals surface area contributed by atoms with Gasteiger partial charge in [0.25, 0.3) is 0 Å². The Morgan fingerprint density at radius 3 is 2.50 bits per heavy atom. The van der Waals surface area contributed by atoms with Crippen LogP contribution in [0.25, 0.3) is 0 Å². The summed E-state index contributed by atoms with van der Waals surface area (Å²) in [6, 6.07) is 6.04. The summed E-state index contributed by atoms with van der Waals surface area (Å²) >= 11 is 3.47. The maximum Gasteiger partial charge on any atom is 0.133 e. The summed E-state index contributed by atoms with van der Waals surface area (Å²) in [5.74, 6) is 0.862. The molecule has 0 saturated heterocycles. The lowest BCUT2D eigenvalue weighted by Gasteiger charge is -2.18. The van der Waals surface area contributed by atoms with E-state index in [1.54, 1.807) is 7.11 Å². The summed E-state index contributed by atoms with van der Waals surface area (Å²) in [5, 5.41) is 3.41. The van der Waals surface area contributed by atoms with Crippen LogP contribution in [0, 0.1) is 5.41 Å². The van der Waals surface area contributed by atoms with Gasteiger partial charge < -0.3 is 10.1 Å². The summed E-state index contributed by atoms with van der Waals surface area (Å²) in [5.41, 5.74) is 1.49. The van der Waals surface area contributed by atoms with E-state index in [9.17, 15) is 0 Å². The number of hydrogen-bond donors (Lipinski definition) is 1. The second-order valence-corrected chi connectivity index (χ2v) is 5.94. The molecule has 1 aromatic rings. The molecule has 0 aliphatic heterocycles. The topological polar surface area (TPSA) is 21.3 Å². The van der Waals surface area contributed by atoms with Crippen molar-refractivity contribution in [2.24, 2.45) is 5.41 Å². The van der Waals surface area contributed by atoms with Gasteiger partial charge in [-0.05, 0) is 46.0 Å². The molecule has 0 atom stereocenters. The molecule has 1 aromatic carbocycles. The largest absolute Gasteiger partial charge is 0.496 e. The summed E-state index contributed by atoms with van der Waals surface area (Å²) in [4.78, 5) is 0. The number of rotatable bonds is 4. The maximum absolute atomic E-state index is 5.18. The highest BCUT2D eigenvalue weighted by Gasteiger charge is 2.09. The lowest BCUT2D eigenvalue weighted by molar-refractivity contribution is 0.389. The Morgan fingerprint density at radius 1 is 1.31 bits per heavy atom. The predicted molar refractivity (Wildman–Crippen MR) is 73.3 cm³/mol. The van der Waals surface area contributed by atoms with Crippen molar-refractivity contribution in [1.82, 2.24) is 0 Å². The molecule has 0 spiro atoms. The van der Waals surface area contributed by atoms with Crippen molar-refractivity contribution in [2.75, 3.05) is 19.0 Å². The van der Waals surface area contributed by atoms with Gasteiger partial charge in [0.05, 0.1) is 11.6 Å². The Hall–Kier alpha value is -0.700. The third-order valence-electron chi connectivity index (χ3n) is 2.36. The second kappa shape index (κ2) is 5.58. The van der Waals surface area contributed by atoms with Gasteiger partial charge >= 0.3 is 0 Å². The van der Waals surface area contributed by atoms with Gasteiger partial charge in [0.15, 0.2) is 0 Å². The SMILES string of the molecule is COc1ccc(NCCC(C)(C)C)cc1Br.